The van der Waals surface area contributed by atoms with Crippen molar-refractivity contribution in [3.05, 3.63) is 60.2 Å². The normalized spacial score (nSPS) is 20.1. The lowest BCUT2D eigenvalue weighted by molar-refractivity contribution is -0.124. The number of ether oxygens (including phenoxy) is 2. The fraction of sp³-hybridized carbons (Fsp3) is 0.350. The highest BCUT2D eigenvalue weighted by Crippen LogP contribution is 2.46. The van der Waals surface area contributed by atoms with Gasteiger partial charge in [-0.3, -0.25) is 4.79 Å². The predicted octanol–water partition coefficient (Wildman–Crippen LogP) is 3.59. The Morgan fingerprint density at radius 2 is 1.88 bits per heavy atom. The molecule has 1 amide bonds. The van der Waals surface area contributed by atoms with E-state index >= 15 is 0 Å². The molecule has 1 N–H and O–H groups in total. The molecule has 1 aliphatic carbocycles. The van der Waals surface area contributed by atoms with E-state index in [0.29, 0.717) is 23.3 Å². The molecule has 1 fully saturated rings. The molecule has 1 saturated carbocycles. The van der Waals surface area contributed by atoms with Gasteiger partial charge >= 0.3 is 0 Å². The molecule has 0 heterocycles. The van der Waals surface area contributed by atoms with E-state index in [0.717, 1.165) is 12.0 Å². The summed E-state index contributed by atoms with van der Waals surface area (Å²) >= 11 is 0. The van der Waals surface area contributed by atoms with E-state index in [-0.39, 0.29) is 18.6 Å². The lowest BCUT2D eigenvalue weighted by Crippen LogP contribution is -2.34. The number of nitrogens with one attached hydrogen (secondary N) is 1. The van der Waals surface area contributed by atoms with Gasteiger partial charge in [0.05, 0.1) is 13.2 Å². The van der Waals surface area contributed by atoms with Gasteiger partial charge in [-0.15, -0.1) is 0 Å². The van der Waals surface area contributed by atoms with Gasteiger partial charge in [-0.05, 0) is 36.0 Å². The molecule has 3 atom stereocenters. The minimum absolute atomic E-state index is 0.00238. The van der Waals surface area contributed by atoms with E-state index < -0.39 is 0 Å². The standard InChI is InChI=1S/C20H23NO3/c1-14-11-18(14)20(15-7-4-3-5-8-15)21-19(22)13-24-17-10-6-9-16(12-17)23-2/h3-10,12,14,18,20H,11,13H2,1-2H3,(H,21,22). The average Bonchev–Trinajstić information content (AvgIpc) is 3.35. The van der Waals surface area contributed by atoms with Crippen molar-refractivity contribution in [3.8, 4) is 11.5 Å². The first-order valence-electron chi connectivity index (χ1n) is 8.28. The molecule has 2 aromatic carbocycles. The van der Waals surface area contributed by atoms with Gasteiger partial charge in [0.15, 0.2) is 6.61 Å². The monoisotopic (exact) mass is 325 g/mol. The summed E-state index contributed by atoms with van der Waals surface area (Å²) in [6.07, 6.45) is 1.15. The minimum atomic E-state index is -0.106. The van der Waals surface area contributed by atoms with Gasteiger partial charge in [-0.1, -0.05) is 43.3 Å². The van der Waals surface area contributed by atoms with Crippen LogP contribution in [0, 0.1) is 11.8 Å². The topological polar surface area (TPSA) is 47.6 Å². The molecule has 4 heteroatoms. The van der Waals surface area contributed by atoms with Crippen LogP contribution in [-0.2, 0) is 4.79 Å². The van der Waals surface area contributed by atoms with Crippen LogP contribution < -0.4 is 14.8 Å². The van der Waals surface area contributed by atoms with E-state index in [1.807, 2.05) is 36.4 Å². The van der Waals surface area contributed by atoms with Crippen LogP contribution in [0.5, 0.6) is 11.5 Å². The molecule has 0 saturated heterocycles. The van der Waals surface area contributed by atoms with E-state index in [2.05, 4.69) is 24.4 Å². The molecule has 4 nitrogen and oxygen atoms in total. The zero-order chi connectivity index (χ0) is 16.9. The molecule has 3 unspecified atom stereocenters. The number of methoxy groups -OCH3 is 1. The van der Waals surface area contributed by atoms with Crippen molar-refractivity contribution in [2.75, 3.05) is 13.7 Å². The third kappa shape index (κ3) is 4.07. The largest absolute Gasteiger partial charge is 0.497 e. The van der Waals surface area contributed by atoms with Gasteiger partial charge < -0.3 is 14.8 Å². The summed E-state index contributed by atoms with van der Waals surface area (Å²) in [5, 5.41) is 3.13. The van der Waals surface area contributed by atoms with Crippen molar-refractivity contribution in [3.63, 3.8) is 0 Å². The number of carbonyl (C=O) groups excluding carboxylic acids is 1. The summed E-state index contributed by atoms with van der Waals surface area (Å²) in [5.74, 6) is 2.39. The molecule has 0 aromatic heterocycles. The first-order chi connectivity index (χ1) is 11.7. The molecular formula is C20H23NO3. The van der Waals surface area contributed by atoms with Crippen LogP contribution in [0.25, 0.3) is 0 Å². The second-order valence-corrected chi connectivity index (χ2v) is 6.30. The van der Waals surface area contributed by atoms with Gasteiger partial charge in [0.25, 0.3) is 5.91 Å². The molecule has 24 heavy (non-hydrogen) atoms. The quantitative estimate of drug-likeness (QED) is 0.846. The third-order valence-electron chi connectivity index (χ3n) is 4.49. The molecule has 2 aromatic rings. The zero-order valence-electron chi connectivity index (χ0n) is 14.1. The lowest BCUT2D eigenvalue weighted by Gasteiger charge is -2.19. The zero-order valence-corrected chi connectivity index (χ0v) is 14.1. The highest BCUT2D eigenvalue weighted by molar-refractivity contribution is 5.78. The summed E-state index contributed by atoms with van der Waals surface area (Å²) < 4.78 is 10.7. The van der Waals surface area contributed by atoms with Crippen LogP contribution >= 0.6 is 0 Å². The number of rotatable bonds is 7. The maximum atomic E-state index is 12.3. The van der Waals surface area contributed by atoms with Crippen LogP contribution in [0.15, 0.2) is 54.6 Å². The van der Waals surface area contributed by atoms with Gasteiger partial charge in [0.1, 0.15) is 11.5 Å². The van der Waals surface area contributed by atoms with Crippen molar-refractivity contribution in [2.45, 2.75) is 19.4 Å². The van der Waals surface area contributed by atoms with Crippen molar-refractivity contribution < 1.29 is 14.3 Å². The lowest BCUT2D eigenvalue weighted by atomic mass is 10.0. The Labute approximate surface area is 142 Å². The van der Waals surface area contributed by atoms with E-state index in [1.54, 1.807) is 13.2 Å². The molecule has 3 rings (SSSR count). The number of hydrogen-bond donors (Lipinski definition) is 1. The van der Waals surface area contributed by atoms with Gasteiger partial charge in [-0.25, -0.2) is 0 Å². The highest BCUT2D eigenvalue weighted by atomic mass is 16.5. The summed E-state index contributed by atoms with van der Waals surface area (Å²) in [6, 6.07) is 17.5. The molecule has 1 aliphatic rings. The number of hydrogen-bond acceptors (Lipinski definition) is 3. The number of benzene rings is 2. The van der Waals surface area contributed by atoms with Crippen LogP contribution in [0.4, 0.5) is 0 Å². The predicted molar refractivity (Wildman–Crippen MR) is 93.1 cm³/mol. The average molecular weight is 325 g/mol. The van der Waals surface area contributed by atoms with Gasteiger partial charge in [0, 0.05) is 6.07 Å². The van der Waals surface area contributed by atoms with Crippen LogP contribution in [0.1, 0.15) is 24.9 Å². The van der Waals surface area contributed by atoms with Gasteiger partial charge in [0.2, 0.25) is 0 Å². The smallest absolute Gasteiger partial charge is 0.258 e. The van der Waals surface area contributed by atoms with E-state index in [1.165, 1.54) is 0 Å². The fourth-order valence-electron chi connectivity index (χ4n) is 2.97. The molecular weight excluding hydrogens is 302 g/mol. The Morgan fingerprint density at radius 3 is 2.54 bits per heavy atom. The maximum absolute atomic E-state index is 12.3. The Morgan fingerprint density at radius 1 is 1.17 bits per heavy atom. The number of amides is 1. The second kappa shape index (κ2) is 7.39. The van der Waals surface area contributed by atoms with Crippen LogP contribution in [0.3, 0.4) is 0 Å². The number of carbonyl (C=O) groups is 1. The Bertz CT molecular complexity index is 686. The SMILES string of the molecule is COc1cccc(OCC(=O)NC(c2ccccc2)C2CC2C)c1. The van der Waals surface area contributed by atoms with E-state index in [9.17, 15) is 4.79 Å². The molecule has 0 bridgehead atoms. The third-order valence-corrected chi connectivity index (χ3v) is 4.49. The van der Waals surface area contributed by atoms with Crippen molar-refractivity contribution >= 4 is 5.91 Å². The van der Waals surface area contributed by atoms with Crippen molar-refractivity contribution in [1.29, 1.82) is 0 Å². The molecule has 0 aliphatic heterocycles. The summed E-state index contributed by atoms with van der Waals surface area (Å²) in [6.45, 7) is 2.22. The van der Waals surface area contributed by atoms with Crippen molar-refractivity contribution in [1.82, 2.24) is 5.32 Å². The van der Waals surface area contributed by atoms with E-state index in [4.69, 9.17) is 9.47 Å². The summed E-state index contributed by atoms with van der Waals surface area (Å²) in [7, 11) is 1.60. The van der Waals surface area contributed by atoms with Crippen molar-refractivity contribution in [2.24, 2.45) is 11.8 Å². The van der Waals surface area contributed by atoms with Gasteiger partial charge in [-0.2, -0.15) is 0 Å². The molecule has 0 spiro atoms. The molecule has 0 radical (unpaired) electrons. The minimum Gasteiger partial charge on any atom is -0.497 e. The van der Waals surface area contributed by atoms with Crippen LogP contribution in [0.2, 0.25) is 0 Å². The Hall–Kier alpha value is -2.49. The van der Waals surface area contributed by atoms with Crippen LogP contribution in [-0.4, -0.2) is 19.6 Å². The first-order valence-corrected chi connectivity index (χ1v) is 8.28. The second-order valence-electron chi connectivity index (χ2n) is 6.30. The fourth-order valence-corrected chi connectivity index (χ4v) is 2.97. The maximum Gasteiger partial charge on any atom is 0.258 e. The highest BCUT2D eigenvalue weighted by Gasteiger charge is 2.40. The Kier molecular flexibility index (Phi) is 5.04. The Balaban J connectivity index is 1.59. The summed E-state index contributed by atoms with van der Waals surface area (Å²) in [5.41, 5.74) is 1.15. The summed E-state index contributed by atoms with van der Waals surface area (Å²) in [4.78, 5) is 12.3. The molecule has 126 valence electrons. The first kappa shape index (κ1) is 16.4.